The van der Waals surface area contributed by atoms with E-state index in [1.807, 2.05) is 12.3 Å². The molecule has 1 aliphatic heterocycles. The lowest BCUT2D eigenvalue weighted by molar-refractivity contribution is 0.0690. The van der Waals surface area contributed by atoms with Gasteiger partial charge < -0.3 is 10.0 Å². The van der Waals surface area contributed by atoms with Gasteiger partial charge in [0.15, 0.2) is 5.69 Å². The summed E-state index contributed by atoms with van der Waals surface area (Å²) in [5.41, 5.74) is -0.0207. The Hall–Kier alpha value is -2.48. The summed E-state index contributed by atoms with van der Waals surface area (Å²) in [6.07, 6.45) is 5.46. The molecule has 3 aromatic rings. The van der Waals surface area contributed by atoms with Crippen LogP contribution in [-0.2, 0) is 6.54 Å². The van der Waals surface area contributed by atoms with Crippen molar-refractivity contribution >= 4 is 33.2 Å². The van der Waals surface area contributed by atoms with Crippen molar-refractivity contribution in [3.05, 3.63) is 35.6 Å². The van der Waals surface area contributed by atoms with E-state index in [9.17, 15) is 4.79 Å². The van der Waals surface area contributed by atoms with Crippen LogP contribution in [0.1, 0.15) is 23.3 Å². The molecule has 4 heterocycles. The van der Waals surface area contributed by atoms with Crippen LogP contribution in [0.4, 0.5) is 5.82 Å². The fourth-order valence-electron chi connectivity index (χ4n) is 3.11. The number of hydrogen-bond donors (Lipinski definition) is 1. The Morgan fingerprint density at radius 1 is 1.43 bits per heavy atom. The summed E-state index contributed by atoms with van der Waals surface area (Å²) < 4.78 is 2.84. The average molecular weight is 329 g/mol. The van der Waals surface area contributed by atoms with Gasteiger partial charge in [-0.05, 0) is 30.4 Å². The van der Waals surface area contributed by atoms with Crippen molar-refractivity contribution in [2.75, 3.05) is 11.4 Å². The first-order chi connectivity index (χ1) is 11.2. The zero-order chi connectivity index (χ0) is 15.8. The first kappa shape index (κ1) is 14.1. The van der Waals surface area contributed by atoms with Crippen molar-refractivity contribution in [3.63, 3.8) is 0 Å². The third kappa shape index (κ3) is 2.55. The second-order valence-electron chi connectivity index (χ2n) is 5.59. The quantitative estimate of drug-likeness (QED) is 0.790. The predicted molar refractivity (Wildman–Crippen MR) is 87.0 cm³/mol. The molecule has 0 saturated carbocycles. The van der Waals surface area contributed by atoms with Gasteiger partial charge in [0, 0.05) is 22.8 Å². The number of rotatable bonds is 4. The van der Waals surface area contributed by atoms with Gasteiger partial charge in [0.2, 0.25) is 0 Å². The second-order valence-corrected chi connectivity index (χ2v) is 6.54. The van der Waals surface area contributed by atoms with Gasteiger partial charge in [0.1, 0.15) is 5.82 Å². The highest BCUT2D eigenvalue weighted by Gasteiger charge is 2.28. The largest absolute Gasteiger partial charge is 0.476 e. The third-order valence-electron chi connectivity index (χ3n) is 4.16. The van der Waals surface area contributed by atoms with Crippen molar-refractivity contribution in [3.8, 4) is 0 Å². The molecule has 3 aromatic heterocycles. The van der Waals surface area contributed by atoms with Gasteiger partial charge in [-0.2, -0.15) is 0 Å². The molecule has 0 radical (unpaired) electrons. The number of hydrogen-bond acceptors (Lipinski definition) is 6. The van der Waals surface area contributed by atoms with Crippen LogP contribution < -0.4 is 4.90 Å². The maximum atomic E-state index is 10.9. The summed E-state index contributed by atoms with van der Waals surface area (Å²) in [4.78, 5) is 17.8. The fraction of sp³-hybridized carbons (Fsp3) is 0.333. The van der Waals surface area contributed by atoms with Gasteiger partial charge in [0.05, 0.1) is 18.8 Å². The standard InChI is InChI=1S/C15H15N5O2S/c21-15(22)12-9-19(18-17-12)8-10-2-1-6-20(10)14-11-4-7-23-13(11)3-5-16-14/h3-5,7,9-10H,1-2,6,8H2,(H,21,22). The van der Waals surface area contributed by atoms with E-state index in [0.717, 1.165) is 25.2 Å². The minimum Gasteiger partial charge on any atom is -0.476 e. The van der Waals surface area contributed by atoms with E-state index in [2.05, 4.69) is 31.6 Å². The van der Waals surface area contributed by atoms with Crippen LogP contribution in [0.3, 0.4) is 0 Å². The number of carboxylic acids is 1. The third-order valence-corrected chi connectivity index (χ3v) is 5.05. The number of carboxylic acid groups (broad SMARTS) is 1. The first-order valence-corrected chi connectivity index (χ1v) is 8.32. The Morgan fingerprint density at radius 3 is 3.17 bits per heavy atom. The normalized spacial score (nSPS) is 17.9. The number of nitrogens with zero attached hydrogens (tertiary/aromatic N) is 5. The van der Waals surface area contributed by atoms with E-state index in [4.69, 9.17) is 5.11 Å². The molecule has 1 unspecified atom stereocenters. The lowest BCUT2D eigenvalue weighted by Gasteiger charge is -2.26. The molecule has 0 amide bonds. The SMILES string of the molecule is O=C(O)c1cn(CC2CCCN2c2nccc3sccc23)nn1. The van der Waals surface area contributed by atoms with Crippen molar-refractivity contribution in [1.29, 1.82) is 0 Å². The molecule has 7 nitrogen and oxygen atoms in total. The summed E-state index contributed by atoms with van der Waals surface area (Å²) >= 11 is 1.71. The summed E-state index contributed by atoms with van der Waals surface area (Å²) in [5, 5.41) is 19.8. The number of thiophene rings is 1. The lowest BCUT2D eigenvalue weighted by Crippen LogP contribution is -2.33. The summed E-state index contributed by atoms with van der Waals surface area (Å²) in [7, 11) is 0. The first-order valence-electron chi connectivity index (χ1n) is 7.44. The number of aromatic carboxylic acids is 1. The molecule has 23 heavy (non-hydrogen) atoms. The van der Waals surface area contributed by atoms with Gasteiger partial charge in [-0.3, -0.25) is 0 Å². The Balaban J connectivity index is 1.61. The van der Waals surface area contributed by atoms with Crippen LogP contribution in [0.25, 0.3) is 10.1 Å². The highest BCUT2D eigenvalue weighted by molar-refractivity contribution is 7.17. The average Bonchev–Trinajstić information content (AvgIpc) is 3.27. The Labute approximate surface area is 136 Å². The predicted octanol–water partition coefficient (Wildman–Crippen LogP) is 2.25. The van der Waals surface area contributed by atoms with E-state index >= 15 is 0 Å². The van der Waals surface area contributed by atoms with E-state index < -0.39 is 5.97 Å². The van der Waals surface area contributed by atoms with Crippen molar-refractivity contribution < 1.29 is 9.90 Å². The zero-order valence-electron chi connectivity index (χ0n) is 12.3. The van der Waals surface area contributed by atoms with E-state index in [0.29, 0.717) is 6.54 Å². The van der Waals surface area contributed by atoms with E-state index in [1.54, 1.807) is 16.0 Å². The smallest absolute Gasteiger partial charge is 0.358 e. The highest BCUT2D eigenvalue weighted by Crippen LogP contribution is 2.33. The number of anilines is 1. The molecule has 1 N–H and O–H groups in total. The van der Waals surface area contributed by atoms with Crippen molar-refractivity contribution in [2.45, 2.75) is 25.4 Å². The molecule has 118 valence electrons. The molecular weight excluding hydrogens is 314 g/mol. The number of carbonyl (C=O) groups is 1. The van der Waals surface area contributed by atoms with Crippen LogP contribution in [0.5, 0.6) is 0 Å². The van der Waals surface area contributed by atoms with Crippen molar-refractivity contribution in [2.24, 2.45) is 0 Å². The lowest BCUT2D eigenvalue weighted by atomic mass is 10.2. The van der Waals surface area contributed by atoms with Crippen LogP contribution in [-0.4, -0.2) is 43.6 Å². The highest BCUT2D eigenvalue weighted by atomic mass is 32.1. The molecule has 4 rings (SSSR count). The van der Waals surface area contributed by atoms with E-state index in [1.165, 1.54) is 16.3 Å². The molecule has 1 aliphatic rings. The molecule has 0 spiro atoms. The molecule has 0 bridgehead atoms. The molecular formula is C15H15N5O2S. The van der Waals surface area contributed by atoms with Crippen LogP contribution in [0.15, 0.2) is 29.9 Å². The minimum absolute atomic E-state index is 0.0207. The molecule has 0 aliphatic carbocycles. The van der Waals surface area contributed by atoms with Gasteiger partial charge >= 0.3 is 5.97 Å². The maximum Gasteiger partial charge on any atom is 0.358 e. The summed E-state index contributed by atoms with van der Waals surface area (Å²) in [6, 6.07) is 4.39. The maximum absolute atomic E-state index is 10.9. The van der Waals surface area contributed by atoms with Crippen molar-refractivity contribution in [1.82, 2.24) is 20.0 Å². The summed E-state index contributed by atoms with van der Waals surface area (Å²) in [6.45, 7) is 1.57. The van der Waals surface area contributed by atoms with Gasteiger partial charge in [-0.15, -0.1) is 16.4 Å². The Kier molecular flexibility index (Phi) is 3.45. The minimum atomic E-state index is -1.05. The monoisotopic (exact) mass is 329 g/mol. The molecule has 1 atom stereocenters. The van der Waals surface area contributed by atoms with Crippen LogP contribution in [0.2, 0.25) is 0 Å². The van der Waals surface area contributed by atoms with Crippen LogP contribution >= 0.6 is 11.3 Å². The number of pyridine rings is 1. The molecule has 1 saturated heterocycles. The Morgan fingerprint density at radius 2 is 2.35 bits per heavy atom. The van der Waals surface area contributed by atoms with Gasteiger partial charge in [0.25, 0.3) is 0 Å². The van der Waals surface area contributed by atoms with Crippen LogP contribution in [0, 0.1) is 0 Å². The Bertz CT molecular complexity index is 858. The zero-order valence-corrected chi connectivity index (χ0v) is 13.1. The van der Waals surface area contributed by atoms with Gasteiger partial charge in [-0.1, -0.05) is 5.21 Å². The summed E-state index contributed by atoms with van der Waals surface area (Å²) in [5.74, 6) is -0.0472. The topological polar surface area (TPSA) is 84.1 Å². The van der Waals surface area contributed by atoms with E-state index in [-0.39, 0.29) is 11.7 Å². The second kappa shape index (κ2) is 5.62. The number of aromatic nitrogens is 4. The molecule has 8 heteroatoms. The number of fused-ring (bicyclic) bond motifs is 1. The fourth-order valence-corrected chi connectivity index (χ4v) is 3.89. The molecule has 0 aromatic carbocycles. The molecule has 1 fully saturated rings. The van der Waals surface area contributed by atoms with Gasteiger partial charge in [-0.25, -0.2) is 14.5 Å².